The van der Waals surface area contributed by atoms with E-state index in [4.69, 9.17) is 14.2 Å². The van der Waals surface area contributed by atoms with Gasteiger partial charge in [0.2, 0.25) is 0 Å². The molecule has 4 rings (SSSR count). The third kappa shape index (κ3) is 10.5. The molecule has 3 aromatic rings. The fraction of sp³-hybridized carbons (Fsp3) is 0.343. The van der Waals surface area contributed by atoms with Crippen LogP contribution in [-0.4, -0.2) is 41.4 Å². The highest BCUT2D eigenvalue weighted by Crippen LogP contribution is 2.41. The van der Waals surface area contributed by atoms with Crippen LogP contribution in [0.15, 0.2) is 66.7 Å². The molecule has 0 bridgehead atoms. The van der Waals surface area contributed by atoms with Gasteiger partial charge in [-0.1, -0.05) is 36.4 Å². The average molecular weight is 642 g/mol. The lowest BCUT2D eigenvalue weighted by molar-refractivity contribution is 0.0521. The molecule has 246 valence electrons. The number of para-hydroxylation sites is 2. The summed E-state index contributed by atoms with van der Waals surface area (Å²) in [6.07, 6.45) is -1.06. The molecule has 0 saturated heterocycles. The number of rotatable bonds is 8. The Bertz CT molecular complexity index is 1680. The first kappa shape index (κ1) is 34.3. The number of ether oxygens (including phenoxy) is 3. The average Bonchev–Trinajstić information content (AvgIpc) is 3.74. The third-order valence-corrected chi connectivity index (χ3v) is 6.72. The summed E-state index contributed by atoms with van der Waals surface area (Å²) in [5.74, 6) is -0.338. The number of nitrogens with zero attached hydrogens (tertiary/aromatic N) is 1. The van der Waals surface area contributed by atoms with Gasteiger partial charge in [-0.15, -0.1) is 0 Å². The van der Waals surface area contributed by atoms with E-state index in [1.807, 2.05) is 51.1 Å². The van der Waals surface area contributed by atoms with E-state index in [1.54, 1.807) is 45.0 Å². The quantitative estimate of drug-likeness (QED) is 0.186. The van der Waals surface area contributed by atoms with Gasteiger partial charge in [0.25, 0.3) is 5.91 Å². The summed E-state index contributed by atoms with van der Waals surface area (Å²) in [6.45, 7) is 10.7. The summed E-state index contributed by atoms with van der Waals surface area (Å²) in [5.41, 5.74) is 1.61. The van der Waals surface area contributed by atoms with Crippen LogP contribution < -0.4 is 21.3 Å². The monoisotopic (exact) mass is 641 g/mol. The standard InChI is InChI=1S/C35H39N5O7/c1-34(2,3)46-32(43)39-28-10-8-7-9-27(28)37-30(41)23-15-16-26(24(17-23)19-36)38-31(42)45-20-21-11-13-22(14-12-21)25-18-29(25)40-33(44)47-35(4,5)6/h7-17,25,29H,18,20H2,1-6H3,(H,37,41)(H,38,42)(H,39,43)(H,40,44)/t25?,29-/m0/s1. The van der Waals surface area contributed by atoms with Crippen LogP contribution in [0.5, 0.6) is 0 Å². The van der Waals surface area contributed by atoms with Gasteiger partial charge in [0.15, 0.2) is 0 Å². The molecule has 3 aromatic carbocycles. The van der Waals surface area contributed by atoms with Gasteiger partial charge in [0, 0.05) is 17.5 Å². The van der Waals surface area contributed by atoms with E-state index in [0.29, 0.717) is 11.4 Å². The van der Waals surface area contributed by atoms with Crippen LogP contribution in [0.1, 0.15) is 80.9 Å². The van der Waals surface area contributed by atoms with Gasteiger partial charge in [-0.2, -0.15) is 5.26 Å². The van der Waals surface area contributed by atoms with Crippen LogP contribution >= 0.6 is 0 Å². The maximum Gasteiger partial charge on any atom is 0.412 e. The van der Waals surface area contributed by atoms with Crippen molar-refractivity contribution in [2.75, 3.05) is 16.0 Å². The van der Waals surface area contributed by atoms with E-state index in [-0.39, 0.29) is 35.4 Å². The molecule has 1 saturated carbocycles. The van der Waals surface area contributed by atoms with Gasteiger partial charge >= 0.3 is 18.3 Å². The Hall–Kier alpha value is -5.57. The number of hydrogen-bond acceptors (Lipinski definition) is 8. The Balaban J connectivity index is 1.29. The molecule has 1 unspecified atom stereocenters. The zero-order valence-corrected chi connectivity index (χ0v) is 27.2. The Morgan fingerprint density at radius 1 is 0.766 bits per heavy atom. The number of nitriles is 1. The second-order valence-corrected chi connectivity index (χ2v) is 13.0. The molecular formula is C35H39N5O7. The van der Waals surface area contributed by atoms with Crippen molar-refractivity contribution in [2.45, 2.75) is 77.7 Å². The number of benzene rings is 3. The van der Waals surface area contributed by atoms with Crippen LogP contribution in [0.3, 0.4) is 0 Å². The van der Waals surface area contributed by atoms with Gasteiger partial charge in [-0.25, -0.2) is 14.4 Å². The van der Waals surface area contributed by atoms with Crippen LogP contribution in [0.4, 0.5) is 31.4 Å². The summed E-state index contributed by atoms with van der Waals surface area (Å²) in [6, 6.07) is 20.4. The normalized spacial score (nSPS) is 15.3. The van der Waals surface area contributed by atoms with Gasteiger partial charge in [0.05, 0.1) is 22.6 Å². The zero-order chi connectivity index (χ0) is 34.4. The smallest absolute Gasteiger partial charge is 0.412 e. The topological polar surface area (TPSA) is 168 Å². The number of nitrogens with one attached hydrogen (secondary N) is 4. The lowest BCUT2D eigenvalue weighted by Crippen LogP contribution is -2.34. The van der Waals surface area contributed by atoms with Gasteiger partial charge < -0.3 is 24.8 Å². The highest BCUT2D eigenvalue weighted by molar-refractivity contribution is 6.07. The van der Waals surface area contributed by atoms with E-state index < -0.39 is 35.4 Å². The predicted molar refractivity (Wildman–Crippen MR) is 176 cm³/mol. The largest absolute Gasteiger partial charge is 0.444 e. The summed E-state index contributed by atoms with van der Waals surface area (Å²) in [7, 11) is 0. The second kappa shape index (κ2) is 14.2. The highest BCUT2D eigenvalue weighted by atomic mass is 16.6. The van der Waals surface area contributed by atoms with Gasteiger partial charge in [-0.3, -0.25) is 15.4 Å². The lowest BCUT2D eigenvalue weighted by atomic mass is 10.1. The highest BCUT2D eigenvalue weighted by Gasteiger charge is 2.40. The molecule has 4 amide bonds. The van der Waals surface area contributed by atoms with Crippen molar-refractivity contribution in [1.82, 2.24) is 5.32 Å². The molecular weight excluding hydrogens is 602 g/mol. The summed E-state index contributed by atoms with van der Waals surface area (Å²) in [5, 5.41) is 20.5. The number of carbonyl (C=O) groups excluding carboxylic acids is 4. The predicted octanol–water partition coefficient (Wildman–Crippen LogP) is 7.29. The first-order chi connectivity index (χ1) is 22.1. The number of anilines is 3. The number of carbonyl (C=O) groups is 4. The second-order valence-electron chi connectivity index (χ2n) is 13.0. The minimum atomic E-state index is -0.770. The van der Waals surface area contributed by atoms with Crippen molar-refractivity contribution >= 4 is 41.2 Å². The fourth-order valence-corrected chi connectivity index (χ4v) is 4.53. The zero-order valence-electron chi connectivity index (χ0n) is 27.2. The van der Waals surface area contributed by atoms with Crippen molar-refractivity contribution in [2.24, 2.45) is 0 Å². The molecule has 1 aliphatic rings. The van der Waals surface area contributed by atoms with Crippen molar-refractivity contribution in [3.8, 4) is 6.07 Å². The molecule has 0 aliphatic heterocycles. The van der Waals surface area contributed by atoms with Crippen LogP contribution in [0.2, 0.25) is 0 Å². The van der Waals surface area contributed by atoms with Gasteiger partial charge in [-0.05, 0) is 89.4 Å². The molecule has 47 heavy (non-hydrogen) atoms. The molecule has 2 atom stereocenters. The van der Waals surface area contributed by atoms with Crippen LogP contribution in [-0.2, 0) is 20.8 Å². The lowest BCUT2D eigenvalue weighted by Gasteiger charge is -2.20. The van der Waals surface area contributed by atoms with Crippen molar-refractivity contribution in [3.63, 3.8) is 0 Å². The number of hydrogen-bond donors (Lipinski definition) is 4. The van der Waals surface area contributed by atoms with Crippen molar-refractivity contribution in [1.29, 1.82) is 5.26 Å². The van der Waals surface area contributed by atoms with E-state index in [0.717, 1.165) is 17.5 Å². The SMILES string of the molecule is CC(C)(C)OC(=O)Nc1ccccc1NC(=O)c1ccc(NC(=O)OCc2ccc(C3C[C@@H]3NC(=O)OC(C)(C)C)cc2)c(C#N)c1. The fourth-order valence-electron chi connectivity index (χ4n) is 4.53. The Labute approximate surface area is 273 Å². The first-order valence-electron chi connectivity index (χ1n) is 15.1. The molecule has 12 nitrogen and oxygen atoms in total. The molecule has 0 aromatic heterocycles. The number of alkyl carbamates (subject to hydrolysis) is 1. The Morgan fingerprint density at radius 3 is 1.98 bits per heavy atom. The summed E-state index contributed by atoms with van der Waals surface area (Å²) < 4.78 is 15.9. The Morgan fingerprint density at radius 2 is 1.36 bits per heavy atom. The summed E-state index contributed by atoms with van der Waals surface area (Å²) >= 11 is 0. The van der Waals surface area contributed by atoms with E-state index in [1.165, 1.54) is 18.2 Å². The molecule has 12 heteroatoms. The van der Waals surface area contributed by atoms with Crippen LogP contribution in [0, 0.1) is 11.3 Å². The van der Waals surface area contributed by atoms with E-state index in [9.17, 15) is 24.4 Å². The number of amides is 4. The molecule has 0 heterocycles. The molecule has 1 fully saturated rings. The van der Waals surface area contributed by atoms with Gasteiger partial charge in [0.1, 0.15) is 23.9 Å². The Kier molecular flexibility index (Phi) is 10.4. The molecule has 4 N–H and O–H groups in total. The molecule has 0 spiro atoms. The third-order valence-electron chi connectivity index (χ3n) is 6.72. The molecule has 1 aliphatic carbocycles. The van der Waals surface area contributed by atoms with Crippen molar-refractivity contribution < 1.29 is 33.4 Å². The minimum absolute atomic E-state index is 0.00448. The maximum absolute atomic E-state index is 13.0. The van der Waals surface area contributed by atoms with E-state index in [2.05, 4.69) is 21.3 Å². The first-order valence-corrected chi connectivity index (χ1v) is 15.1. The molecule has 0 radical (unpaired) electrons. The maximum atomic E-state index is 13.0. The minimum Gasteiger partial charge on any atom is -0.444 e. The van der Waals surface area contributed by atoms with Crippen molar-refractivity contribution in [3.05, 3.63) is 89.0 Å². The van der Waals surface area contributed by atoms with Crippen LogP contribution in [0.25, 0.3) is 0 Å². The van der Waals surface area contributed by atoms with E-state index >= 15 is 0 Å². The summed E-state index contributed by atoms with van der Waals surface area (Å²) in [4.78, 5) is 49.8.